The molecular formula is C11H26IN. The molecule has 0 spiro atoms. The zero-order valence-electron chi connectivity index (χ0n) is 9.53. The van der Waals surface area contributed by atoms with Crippen molar-refractivity contribution in [2.45, 2.75) is 51.9 Å². The monoisotopic (exact) mass is 299 g/mol. The number of quaternary nitrogens is 1. The predicted molar refractivity (Wildman–Crippen MR) is 55.7 cm³/mol. The molecule has 1 nitrogen and oxygen atoms in total. The van der Waals surface area contributed by atoms with Crippen LogP contribution in [0.25, 0.3) is 0 Å². The summed E-state index contributed by atoms with van der Waals surface area (Å²) in [4.78, 5) is 1.59. The van der Waals surface area contributed by atoms with Gasteiger partial charge in [0.05, 0.1) is 20.6 Å². The van der Waals surface area contributed by atoms with E-state index in [1.54, 1.807) is 4.90 Å². The first-order valence-corrected chi connectivity index (χ1v) is 5.56. The van der Waals surface area contributed by atoms with Gasteiger partial charge in [0.25, 0.3) is 0 Å². The van der Waals surface area contributed by atoms with Crippen molar-refractivity contribution in [1.29, 1.82) is 0 Å². The molecule has 0 saturated carbocycles. The summed E-state index contributed by atoms with van der Waals surface area (Å²) >= 11 is 0. The summed E-state index contributed by atoms with van der Waals surface area (Å²) in [6, 6.07) is 0. The highest BCUT2D eigenvalue weighted by Gasteiger charge is 1.93. The van der Waals surface area contributed by atoms with E-state index in [1.165, 1.54) is 51.5 Å². The molecule has 0 unspecified atom stereocenters. The molecule has 0 heterocycles. The van der Waals surface area contributed by atoms with E-state index < -0.39 is 0 Å². The molecule has 0 aromatic rings. The van der Waals surface area contributed by atoms with Crippen LogP contribution in [0.1, 0.15) is 51.9 Å². The van der Waals surface area contributed by atoms with Gasteiger partial charge >= 0.3 is 0 Å². The number of hydrogen-bond donors (Lipinski definition) is 1. The molecule has 1 N–H and O–H groups in total. The Kier molecular flexibility index (Phi) is 15.7. The maximum absolute atomic E-state index is 2.27. The van der Waals surface area contributed by atoms with Crippen molar-refractivity contribution in [3.05, 3.63) is 0 Å². The molecule has 0 rings (SSSR count). The fraction of sp³-hybridized carbons (Fsp3) is 1.00. The van der Waals surface area contributed by atoms with E-state index in [0.717, 1.165) is 0 Å². The van der Waals surface area contributed by atoms with Crippen LogP contribution in [0.15, 0.2) is 0 Å². The first-order valence-electron chi connectivity index (χ1n) is 5.56. The molecule has 0 aliphatic carbocycles. The number of nitrogens with one attached hydrogen (secondary N) is 1. The van der Waals surface area contributed by atoms with E-state index in [1.807, 2.05) is 0 Å². The van der Waals surface area contributed by atoms with Gasteiger partial charge in [-0.15, -0.1) is 0 Å². The summed E-state index contributed by atoms with van der Waals surface area (Å²) in [7, 11) is 4.47. The molecule has 82 valence electrons. The predicted octanol–water partition coefficient (Wildman–Crippen LogP) is -1.11. The Hall–Kier alpha value is 0.690. The molecule has 0 amide bonds. The fourth-order valence-electron chi connectivity index (χ4n) is 1.44. The SMILES string of the molecule is CCCCCCCCC[NH+](C)C.[I-]. The van der Waals surface area contributed by atoms with Crippen LogP contribution in [0.2, 0.25) is 0 Å². The van der Waals surface area contributed by atoms with E-state index in [0.29, 0.717) is 0 Å². The van der Waals surface area contributed by atoms with Crippen LogP contribution in [-0.4, -0.2) is 20.6 Å². The molecule has 0 bridgehead atoms. The van der Waals surface area contributed by atoms with Crippen LogP contribution in [-0.2, 0) is 0 Å². The van der Waals surface area contributed by atoms with Gasteiger partial charge in [-0.3, -0.25) is 0 Å². The topological polar surface area (TPSA) is 4.44 Å². The first-order chi connectivity index (χ1) is 5.77. The second-order valence-electron chi connectivity index (χ2n) is 4.08. The van der Waals surface area contributed by atoms with Crippen LogP contribution in [0, 0.1) is 0 Å². The Morgan fingerprint density at radius 2 is 1.23 bits per heavy atom. The maximum Gasteiger partial charge on any atom is 0.0766 e. The average Bonchev–Trinajstić information content (AvgIpc) is 2.02. The van der Waals surface area contributed by atoms with Gasteiger partial charge in [-0.1, -0.05) is 39.0 Å². The van der Waals surface area contributed by atoms with Gasteiger partial charge < -0.3 is 28.9 Å². The molecule has 13 heavy (non-hydrogen) atoms. The van der Waals surface area contributed by atoms with Crippen LogP contribution in [0.4, 0.5) is 0 Å². The summed E-state index contributed by atoms with van der Waals surface area (Å²) in [5.41, 5.74) is 0. The lowest BCUT2D eigenvalue weighted by Crippen LogP contribution is -3.05. The zero-order valence-corrected chi connectivity index (χ0v) is 11.7. The summed E-state index contributed by atoms with van der Waals surface area (Å²) in [5, 5.41) is 0. The van der Waals surface area contributed by atoms with Gasteiger partial charge in [0.1, 0.15) is 0 Å². The molecule has 0 aliphatic heterocycles. The second-order valence-corrected chi connectivity index (χ2v) is 4.08. The van der Waals surface area contributed by atoms with Crippen LogP contribution in [0.3, 0.4) is 0 Å². The van der Waals surface area contributed by atoms with Crippen molar-refractivity contribution in [1.82, 2.24) is 0 Å². The molecule has 0 aliphatic rings. The average molecular weight is 299 g/mol. The third-order valence-electron chi connectivity index (χ3n) is 2.28. The minimum atomic E-state index is 0. The largest absolute Gasteiger partial charge is 1.00 e. The van der Waals surface area contributed by atoms with Crippen LogP contribution < -0.4 is 28.9 Å². The quantitative estimate of drug-likeness (QED) is 0.428. The van der Waals surface area contributed by atoms with Crippen molar-refractivity contribution < 1.29 is 28.9 Å². The summed E-state index contributed by atoms with van der Waals surface area (Å²) in [5.74, 6) is 0. The third-order valence-corrected chi connectivity index (χ3v) is 2.28. The van der Waals surface area contributed by atoms with Crippen molar-refractivity contribution >= 4 is 0 Å². The molecule has 0 aromatic heterocycles. The van der Waals surface area contributed by atoms with Crippen molar-refractivity contribution in [2.24, 2.45) is 0 Å². The fourth-order valence-corrected chi connectivity index (χ4v) is 1.44. The number of unbranched alkanes of at least 4 members (excludes halogenated alkanes) is 6. The molecule has 2 heteroatoms. The normalized spacial score (nSPS) is 10.2. The van der Waals surface area contributed by atoms with Crippen LogP contribution >= 0.6 is 0 Å². The van der Waals surface area contributed by atoms with Gasteiger partial charge in [0.15, 0.2) is 0 Å². The van der Waals surface area contributed by atoms with Gasteiger partial charge in [-0.2, -0.15) is 0 Å². The molecule has 0 radical (unpaired) electrons. The molecule has 0 atom stereocenters. The Labute approximate surface area is 101 Å². The minimum Gasteiger partial charge on any atom is -1.00 e. The number of halogens is 1. The minimum absolute atomic E-state index is 0. The smallest absolute Gasteiger partial charge is 0.0766 e. The Morgan fingerprint density at radius 1 is 0.769 bits per heavy atom. The van der Waals surface area contributed by atoms with E-state index in [9.17, 15) is 0 Å². The summed E-state index contributed by atoms with van der Waals surface area (Å²) < 4.78 is 0. The number of rotatable bonds is 8. The second kappa shape index (κ2) is 12.7. The van der Waals surface area contributed by atoms with Crippen molar-refractivity contribution in [3.8, 4) is 0 Å². The third kappa shape index (κ3) is 15.4. The summed E-state index contributed by atoms with van der Waals surface area (Å²) in [6.45, 7) is 3.61. The Morgan fingerprint density at radius 3 is 1.69 bits per heavy atom. The van der Waals surface area contributed by atoms with Gasteiger partial charge in [-0.05, 0) is 12.8 Å². The Bertz CT molecular complexity index is 84.2. The highest BCUT2D eigenvalue weighted by atomic mass is 127. The lowest BCUT2D eigenvalue weighted by molar-refractivity contribution is -0.858. The van der Waals surface area contributed by atoms with Gasteiger partial charge in [0, 0.05) is 0 Å². The van der Waals surface area contributed by atoms with Gasteiger partial charge in [0.2, 0.25) is 0 Å². The lowest BCUT2D eigenvalue weighted by Gasteiger charge is -2.06. The molecule has 0 saturated heterocycles. The highest BCUT2D eigenvalue weighted by Crippen LogP contribution is 2.05. The first kappa shape index (κ1) is 16.1. The lowest BCUT2D eigenvalue weighted by atomic mass is 10.1. The summed E-state index contributed by atoms with van der Waals surface area (Å²) in [6.07, 6.45) is 10.00. The maximum atomic E-state index is 2.27. The molecular weight excluding hydrogens is 273 g/mol. The van der Waals surface area contributed by atoms with E-state index in [-0.39, 0.29) is 24.0 Å². The van der Waals surface area contributed by atoms with E-state index >= 15 is 0 Å². The Balaban J connectivity index is 0. The zero-order chi connectivity index (χ0) is 9.23. The molecule has 0 fully saturated rings. The number of hydrogen-bond acceptors (Lipinski definition) is 0. The van der Waals surface area contributed by atoms with Crippen LogP contribution in [0.5, 0.6) is 0 Å². The van der Waals surface area contributed by atoms with Crippen molar-refractivity contribution in [3.63, 3.8) is 0 Å². The highest BCUT2D eigenvalue weighted by molar-refractivity contribution is 4.43. The standard InChI is InChI=1S/C11H25N.HI/c1-4-5-6-7-8-9-10-11-12(2)3;/h4-11H2,1-3H3;1H. The van der Waals surface area contributed by atoms with Gasteiger partial charge in [-0.25, -0.2) is 0 Å². The molecule has 0 aromatic carbocycles. The van der Waals surface area contributed by atoms with E-state index in [2.05, 4.69) is 21.0 Å². The van der Waals surface area contributed by atoms with E-state index in [4.69, 9.17) is 0 Å². The van der Waals surface area contributed by atoms with Crippen molar-refractivity contribution in [2.75, 3.05) is 20.6 Å².